The molecule has 0 radical (unpaired) electrons. The van der Waals surface area contributed by atoms with Crippen molar-refractivity contribution in [3.05, 3.63) is 77.0 Å². The predicted octanol–water partition coefficient (Wildman–Crippen LogP) is 5.18. The van der Waals surface area contributed by atoms with Crippen LogP contribution >= 0.6 is 0 Å². The van der Waals surface area contributed by atoms with Gasteiger partial charge < -0.3 is 4.74 Å². The molecule has 3 nitrogen and oxygen atoms in total. The summed E-state index contributed by atoms with van der Waals surface area (Å²) in [4.78, 5) is 0. The number of ether oxygens (including phenoxy) is 1. The van der Waals surface area contributed by atoms with Gasteiger partial charge in [-0.05, 0) is 51.8 Å². The molecule has 3 aromatic rings. The van der Waals surface area contributed by atoms with Gasteiger partial charge in [-0.15, -0.1) is 0 Å². The third kappa shape index (κ3) is 2.84. The van der Waals surface area contributed by atoms with E-state index in [1.54, 1.807) is 0 Å². The lowest BCUT2D eigenvalue weighted by Crippen LogP contribution is -2.35. The van der Waals surface area contributed by atoms with Crippen molar-refractivity contribution < 1.29 is 4.74 Å². The minimum Gasteiger partial charge on any atom is -0.471 e. The van der Waals surface area contributed by atoms with Crippen LogP contribution in [0, 0.1) is 13.8 Å². The van der Waals surface area contributed by atoms with Crippen molar-refractivity contribution in [2.75, 3.05) is 0 Å². The first kappa shape index (κ1) is 15.9. The molecule has 0 bridgehead atoms. The maximum Gasteiger partial charge on any atom is 0.221 e. The monoisotopic (exact) mass is 332 g/mol. The number of nitrogens with zero attached hydrogens (tertiary/aromatic N) is 2. The fourth-order valence-corrected chi connectivity index (χ4v) is 3.74. The fourth-order valence-electron chi connectivity index (χ4n) is 3.74. The lowest BCUT2D eigenvalue weighted by molar-refractivity contribution is 0.0687. The van der Waals surface area contributed by atoms with Crippen LogP contribution in [0.2, 0.25) is 0 Å². The van der Waals surface area contributed by atoms with Crippen molar-refractivity contribution in [3.63, 3.8) is 0 Å². The zero-order valence-corrected chi connectivity index (χ0v) is 15.3. The number of benzene rings is 2. The van der Waals surface area contributed by atoms with Crippen LogP contribution in [0.1, 0.15) is 48.6 Å². The highest BCUT2D eigenvalue weighted by molar-refractivity contribution is 5.48. The molecule has 0 spiro atoms. The molecule has 4 rings (SSSR count). The second kappa shape index (κ2) is 5.76. The summed E-state index contributed by atoms with van der Waals surface area (Å²) in [6.45, 7) is 8.53. The van der Waals surface area contributed by atoms with Crippen LogP contribution in [-0.4, -0.2) is 15.4 Å². The van der Waals surface area contributed by atoms with Crippen LogP contribution in [0.4, 0.5) is 0 Å². The molecule has 25 heavy (non-hydrogen) atoms. The Balaban J connectivity index is 1.89. The summed E-state index contributed by atoms with van der Waals surface area (Å²) in [5.74, 6) is 1.18. The Labute approximate surface area is 149 Å². The third-order valence-electron chi connectivity index (χ3n) is 4.96. The zero-order valence-electron chi connectivity index (χ0n) is 15.3. The molecular formula is C22H24N2O. The highest BCUT2D eigenvalue weighted by atomic mass is 16.5. The molecular weight excluding hydrogens is 308 g/mol. The van der Waals surface area contributed by atoms with Crippen molar-refractivity contribution in [3.8, 4) is 11.6 Å². The first-order valence-electron chi connectivity index (χ1n) is 8.85. The van der Waals surface area contributed by atoms with Crippen molar-refractivity contribution in [1.29, 1.82) is 0 Å². The molecule has 2 aromatic carbocycles. The summed E-state index contributed by atoms with van der Waals surface area (Å²) in [6.07, 6.45) is 0.949. The van der Waals surface area contributed by atoms with E-state index in [2.05, 4.69) is 64.1 Å². The molecule has 0 N–H and O–H groups in total. The normalized spacial score (nSPS) is 18.5. The summed E-state index contributed by atoms with van der Waals surface area (Å²) < 4.78 is 8.35. The van der Waals surface area contributed by atoms with Gasteiger partial charge in [0.1, 0.15) is 5.60 Å². The van der Waals surface area contributed by atoms with E-state index in [0.717, 1.165) is 23.7 Å². The number of hydrogen-bond acceptors (Lipinski definition) is 2. The van der Waals surface area contributed by atoms with Crippen LogP contribution in [0.15, 0.2) is 54.6 Å². The fraction of sp³-hybridized carbons (Fsp3) is 0.318. The highest BCUT2D eigenvalue weighted by Crippen LogP contribution is 2.46. The van der Waals surface area contributed by atoms with Crippen molar-refractivity contribution in [2.45, 2.75) is 45.6 Å². The SMILES string of the molecule is Cc1ccc(C2CC(C)(C)Oc3c2c(C)nn3-c2ccccc2)cc1. The van der Waals surface area contributed by atoms with Crippen molar-refractivity contribution in [1.82, 2.24) is 9.78 Å². The molecule has 0 saturated heterocycles. The molecule has 0 fully saturated rings. The smallest absolute Gasteiger partial charge is 0.221 e. The van der Waals surface area contributed by atoms with Gasteiger partial charge in [0.25, 0.3) is 0 Å². The molecule has 1 aromatic heterocycles. The van der Waals surface area contributed by atoms with Gasteiger partial charge in [0, 0.05) is 11.5 Å². The maximum atomic E-state index is 6.40. The molecule has 1 atom stereocenters. The van der Waals surface area contributed by atoms with Crippen LogP contribution in [-0.2, 0) is 0 Å². The average molecular weight is 332 g/mol. The van der Waals surface area contributed by atoms with E-state index in [1.807, 2.05) is 22.9 Å². The average Bonchev–Trinajstić information content (AvgIpc) is 2.91. The van der Waals surface area contributed by atoms with Gasteiger partial charge in [0.2, 0.25) is 5.88 Å². The van der Waals surface area contributed by atoms with Crippen LogP contribution in [0.25, 0.3) is 5.69 Å². The Morgan fingerprint density at radius 3 is 2.36 bits per heavy atom. The second-order valence-corrected chi connectivity index (χ2v) is 7.58. The largest absolute Gasteiger partial charge is 0.471 e. The Morgan fingerprint density at radius 2 is 1.68 bits per heavy atom. The molecule has 128 valence electrons. The molecule has 1 aliphatic heterocycles. The summed E-state index contributed by atoms with van der Waals surface area (Å²) in [5, 5.41) is 4.81. The lowest BCUT2D eigenvalue weighted by Gasteiger charge is -2.36. The van der Waals surface area contributed by atoms with E-state index in [9.17, 15) is 0 Å². The van der Waals surface area contributed by atoms with Crippen molar-refractivity contribution in [2.24, 2.45) is 0 Å². The minimum atomic E-state index is -0.235. The number of aromatic nitrogens is 2. The summed E-state index contributed by atoms with van der Waals surface area (Å²) >= 11 is 0. The molecule has 0 amide bonds. The Hall–Kier alpha value is -2.55. The molecule has 1 aliphatic rings. The van der Waals surface area contributed by atoms with E-state index in [1.165, 1.54) is 16.7 Å². The van der Waals surface area contributed by atoms with Gasteiger partial charge in [-0.2, -0.15) is 5.10 Å². The highest BCUT2D eigenvalue weighted by Gasteiger charge is 2.39. The van der Waals surface area contributed by atoms with Gasteiger partial charge in [-0.1, -0.05) is 48.0 Å². The zero-order chi connectivity index (χ0) is 17.6. The number of fused-ring (bicyclic) bond motifs is 1. The van der Waals surface area contributed by atoms with Crippen molar-refractivity contribution >= 4 is 0 Å². The van der Waals surface area contributed by atoms with E-state index >= 15 is 0 Å². The summed E-state index contributed by atoms with van der Waals surface area (Å²) in [5.41, 5.74) is 5.67. The lowest BCUT2D eigenvalue weighted by atomic mass is 9.80. The Bertz CT molecular complexity index is 892. The number of hydrogen-bond donors (Lipinski definition) is 0. The Kier molecular flexibility index (Phi) is 3.68. The maximum absolute atomic E-state index is 6.40. The summed E-state index contributed by atoms with van der Waals surface area (Å²) in [7, 11) is 0. The van der Waals surface area contributed by atoms with Gasteiger partial charge in [-0.3, -0.25) is 0 Å². The molecule has 2 heterocycles. The quantitative estimate of drug-likeness (QED) is 0.646. The van der Waals surface area contributed by atoms with E-state index in [4.69, 9.17) is 9.84 Å². The number of aryl methyl sites for hydroxylation is 2. The topological polar surface area (TPSA) is 27.1 Å². The standard InChI is InChI=1S/C22H24N2O/c1-15-10-12-17(13-11-15)19-14-22(3,4)25-21-20(19)16(2)23-24(21)18-8-6-5-7-9-18/h5-13,19H,14H2,1-4H3. The van der Waals surface area contributed by atoms with Gasteiger partial charge >= 0.3 is 0 Å². The molecule has 3 heteroatoms. The van der Waals surface area contributed by atoms with Gasteiger partial charge in [0.15, 0.2) is 0 Å². The first-order chi connectivity index (χ1) is 11.9. The molecule has 0 saturated carbocycles. The number of rotatable bonds is 2. The predicted molar refractivity (Wildman–Crippen MR) is 101 cm³/mol. The molecule has 1 unspecified atom stereocenters. The summed E-state index contributed by atoms with van der Waals surface area (Å²) in [6, 6.07) is 19.1. The van der Waals surface area contributed by atoms with Gasteiger partial charge in [-0.25, -0.2) is 4.68 Å². The van der Waals surface area contributed by atoms with Crippen LogP contribution in [0.3, 0.4) is 0 Å². The van der Waals surface area contributed by atoms with E-state index < -0.39 is 0 Å². The Morgan fingerprint density at radius 1 is 1.00 bits per heavy atom. The molecule has 0 aliphatic carbocycles. The van der Waals surface area contributed by atoms with Gasteiger partial charge in [0.05, 0.1) is 11.4 Å². The van der Waals surface area contributed by atoms with E-state index in [-0.39, 0.29) is 5.60 Å². The second-order valence-electron chi connectivity index (χ2n) is 7.58. The third-order valence-corrected chi connectivity index (χ3v) is 4.96. The van der Waals surface area contributed by atoms with Crippen LogP contribution in [0.5, 0.6) is 5.88 Å². The van der Waals surface area contributed by atoms with Crippen LogP contribution < -0.4 is 4.74 Å². The van der Waals surface area contributed by atoms with E-state index in [0.29, 0.717) is 5.92 Å². The minimum absolute atomic E-state index is 0.235. The first-order valence-corrected chi connectivity index (χ1v) is 8.85. The number of para-hydroxylation sites is 1.